The third-order valence-corrected chi connectivity index (χ3v) is 3.97. The van der Waals surface area contributed by atoms with E-state index in [-0.39, 0.29) is 20.5 Å². The van der Waals surface area contributed by atoms with Crippen molar-refractivity contribution in [1.29, 1.82) is 0 Å². The summed E-state index contributed by atoms with van der Waals surface area (Å²) in [7, 11) is 0. The third kappa shape index (κ3) is 3.16. The summed E-state index contributed by atoms with van der Waals surface area (Å²) >= 11 is -0.0722. The number of nitrogens with two attached hydrogens (primary N) is 1. The van der Waals surface area contributed by atoms with E-state index in [0.29, 0.717) is 18.9 Å². The predicted molar refractivity (Wildman–Crippen MR) is 72.5 cm³/mol. The van der Waals surface area contributed by atoms with Crippen molar-refractivity contribution in [2.45, 2.75) is 19.8 Å². The Balaban J connectivity index is 1.96. The Hall–Kier alpha value is -1.23. The summed E-state index contributed by atoms with van der Waals surface area (Å²) in [5.41, 5.74) is 7.99. The van der Waals surface area contributed by atoms with E-state index in [9.17, 15) is 4.79 Å². The van der Waals surface area contributed by atoms with Gasteiger partial charge in [0.05, 0.1) is 0 Å². The molecule has 1 atom stereocenters. The average molecular weight is 311 g/mol. The molecule has 1 unspecified atom stereocenters. The van der Waals surface area contributed by atoms with Gasteiger partial charge in [-0.15, -0.1) is 0 Å². The predicted octanol–water partition coefficient (Wildman–Crippen LogP) is 2.35. The van der Waals surface area contributed by atoms with Crippen molar-refractivity contribution in [2.75, 3.05) is 11.9 Å². The van der Waals surface area contributed by atoms with Crippen molar-refractivity contribution in [1.82, 2.24) is 0 Å². The fourth-order valence-corrected chi connectivity index (χ4v) is 2.77. The van der Waals surface area contributed by atoms with E-state index in [1.807, 2.05) is 25.1 Å². The van der Waals surface area contributed by atoms with Crippen LogP contribution in [-0.2, 0) is 4.79 Å². The molecule has 3 N–H and O–H groups in total. The molecular formula is C12H16N4OSe. The second-order valence-corrected chi connectivity index (χ2v) is 5.47. The van der Waals surface area contributed by atoms with Crippen molar-refractivity contribution >= 4 is 37.5 Å². The van der Waals surface area contributed by atoms with Crippen LogP contribution in [0.1, 0.15) is 19.8 Å². The Morgan fingerprint density at radius 3 is 3.11 bits per heavy atom. The number of benzene rings is 1. The van der Waals surface area contributed by atoms with E-state index in [1.165, 1.54) is 0 Å². The summed E-state index contributed by atoms with van der Waals surface area (Å²) in [4.78, 5) is 11.8. The molecule has 6 heteroatoms. The quantitative estimate of drug-likeness (QED) is 0.831. The van der Waals surface area contributed by atoms with Gasteiger partial charge in [0.2, 0.25) is 0 Å². The average Bonchev–Trinajstić information content (AvgIpc) is 2.85. The summed E-state index contributed by atoms with van der Waals surface area (Å²) in [5.74, 6) is 0.388. The van der Waals surface area contributed by atoms with Gasteiger partial charge in [-0.2, -0.15) is 0 Å². The molecule has 0 aromatic heterocycles. The van der Waals surface area contributed by atoms with Crippen molar-refractivity contribution < 1.29 is 4.79 Å². The molecule has 0 saturated heterocycles. The third-order valence-electron chi connectivity index (χ3n) is 2.83. The standard InChI is InChI=1S/C12H16N4OSe/c1-8(7-13)5-6-11(17)14-9-3-2-4-10-12(9)16-18-15-10/h2-4,8H,5-7,13H2,1H3,(H,14,17). The number of nitrogens with zero attached hydrogens (tertiary/aromatic N) is 2. The van der Waals surface area contributed by atoms with Gasteiger partial charge in [0.25, 0.3) is 0 Å². The van der Waals surface area contributed by atoms with Crippen LogP contribution in [0, 0.1) is 5.92 Å². The number of anilines is 1. The minimum absolute atomic E-state index is 0.0123. The van der Waals surface area contributed by atoms with Gasteiger partial charge < -0.3 is 0 Å². The first-order chi connectivity index (χ1) is 8.70. The molecule has 18 heavy (non-hydrogen) atoms. The second-order valence-electron chi connectivity index (χ2n) is 4.37. The first kappa shape index (κ1) is 13.2. The van der Waals surface area contributed by atoms with Crippen molar-refractivity contribution in [3.63, 3.8) is 0 Å². The number of hydrogen-bond donors (Lipinski definition) is 2. The fraction of sp³-hybridized carbons (Fsp3) is 0.417. The number of carbonyl (C=O) groups excluding carboxylic acids is 1. The second kappa shape index (κ2) is 6.09. The fourth-order valence-electron chi connectivity index (χ4n) is 1.62. The van der Waals surface area contributed by atoms with Gasteiger partial charge in [-0.05, 0) is 0 Å². The zero-order valence-electron chi connectivity index (χ0n) is 10.2. The summed E-state index contributed by atoms with van der Waals surface area (Å²) in [5, 5.41) is 2.90. The van der Waals surface area contributed by atoms with Crippen LogP contribution >= 0.6 is 0 Å². The first-order valence-corrected chi connectivity index (χ1v) is 7.45. The van der Waals surface area contributed by atoms with E-state index < -0.39 is 0 Å². The van der Waals surface area contributed by atoms with Crippen molar-refractivity contribution in [3.05, 3.63) is 18.2 Å². The van der Waals surface area contributed by atoms with Crippen LogP contribution < -0.4 is 11.1 Å². The molecule has 1 aliphatic heterocycles. The number of fused-ring (bicyclic) bond motifs is 1. The Kier molecular flexibility index (Phi) is 4.47. The van der Waals surface area contributed by atoms with Gasteiger partial charge >= 0.3 is 112 Å². The van der Waals surface area contributed by atoms with Crippen LogP contribution in [0.15, 0.2) is 26.1 Å². The van der Waals surface area contributed by atoms with Crippen LogP contribution in [0.25, 0.3) is 0 Å². The molecule has 1 aromatic carbocycles. The van der Waals surface area contributed by atoms with Gasteiger partial charge in [-0.3, -0.25) is 0 Å². The first-order valence-electron chi connectivity index (χ1n) is 5.92. The molecule has 1 heterocycles. The number of rotatable bonds is 5. The van der Waals surface area contributed by atoms with Crippen LogP contribution in [0.5, 0.6) is 0 Å². The molecule has 1 amide bonds. The Bertz CT molecular complexity index is 523. The van der Waals surface area contributed by atoms with Gasteiger partial charge in [0, 0.05) is 0 Å². The zero-order chi connectivity index (χ0) is 13.0. The Morgan fingerprint density at radius 2 is 2.33 bits per heavy atom. The molecule has 2 rings (SSSR count). The summed E-state index contributed by atoms with van der Waals surface area (Å²) < 4.78 is 8.61. The Labute approximate surface area is 112 Å². The topological polar surface area (TPSA) is 79.8 Å². The van der Waals surface area contributed by atoms with Crippen LogP contribution in [0.3, 0.4) is 0 Å². The SMILES string of the molecule is CC(CN)CCC(=O)Nc1cccc2c1N=[Se]=N2. The van der Waals surface area contributed by atoms with Crippen LogP contribution in [-0.4, -0.2) is 27.0 Å². The number of nitrogens with one attached hydrogen (secondary N) is 1. The van der Waals surface area contributed by atoms with E-state index in [1.54, 1.807) is 0 Å². The molecule has 96 valence electrons. The maximum atomic E-state index is 11.8. The minimum atomic E-state index is -0.0722. The van der Waals surface area contributed by atoms with Crippen molar-refractivity contribution in [3.8, 4) is 0 Å². The van der Waals surface area contributed by atoms with E-state index in [2.05, 4.69) is 13.2 Å². The molecule has 0 aliphatic carbocycles. The van der Waals surface area contributed by atoms with Gasteiger partial charge in [-0.1, -0.05) is 0 Å². The normalized spacial score (nSPS) is 13.9. The van der Waals surface area contributed by atoms with Gasteiger partial charge in [0.15, 0.2) is 0 Å². The number of hydrogen-bond acceptors (Lipinski definition) is 4. The zero-order valence-corrected chi connectivity index (χ0v) is 11.9. The van der Waals surface area contributed by atoms with E-state index >= 15 is 0 Å². The summed E-state index contributed by atoms with van der Waals surface area (Å²) in [6, 6.07) is 5.67. The number of amides is 1. The Morgan fingerprint density at radius 1 is 1.50 bits per heavy atom. The maximum absolute atomic E-state index is 11.8. The van der Waals surface area contributed by atoms with Gasteiger partial charge in [-0.25, -0.2) is 0 Å². The molecule has 0 saturated carbocycles. The molecule has 5 nitrogen and oxygen atoms in total. The van der Waals surface area contributed by atoms with E-state index in [4.69, 9.17) is 5.73 Å². The molecule has 1 aromatic rings. The molecule has 0 radical (unpaired) electrons. The summed E-state index contributed by atoms with van der Waals surface area (Å²) in [6.45, 7) is 2.66. The summed E-state index contributed by atoms with van der Waals surface area (Å²) in [6.07, 6.45) is 1.30. The van der Waals surface area contributed by atoms with E-state index in [0.717, 1.165) is 23.5 Å². The van der Waals surface area contributed by atoms with Gasteiger partial charge in [0.1, 0.15) is 0 Å². The van der Waals surface area contributed by atoms with Crippen molar-refractivity contribution in [2.24, 2.45) is 19.6 Å². The number of carbonyl (C=O) groups is 1. The molecule has 0 spiro atoms. The molecule has 1 aliphatic rings. The van der Waals surface area contributed by atoms with Crippen LogP contribution in [0.2, 0.25) is 0 Å². The monoisotopic (exact) mass is 312 g/mol. The van der Waals surface area contributed by atoms with Crippen LogP contribution in [0.4, 0.5) is 17.1 Å². The molecule has 0 bridgehead atoms. The molecule has 0 fully saturated rings. The molecular weight excluding hydrogens is 295 g/mol.